The molecular formula is C3H5BrMgO. The summed E-state index contributed by atoms with van der Waals surface area (Å²) in [5, 5.41) is 0. The Morgan fingerprint density at radius 2 is 1.83 bits per heavy atom. The fraction of sp³-hybridized carbons (Fsp3) is 0.667. The van der Waals surface area contributed by atoms with Gasteiger partial charge in [-0.2, -0.15) is 6.42 Å². The van der Waals surface area contributed by atoms with Crippen molar-refractivity contribution in [1.82, 2.24) is 0 Å². The molecule has 0 fully saturated rings. The largest absolute Gasteiger partial charge is 2.00 e. The van der Waals surface area contributed by atoms with Crippen LogP contribution in [0, 0.1) is 0 Å². The standard InChI is InChI=1S/C3H5O.BrH.Mg/c1-2-3-4;;/h2H2,1H3;1H;/q-1;;+2/p-1. The van der Waals surface area contributed by atoms with Crippen molar-refractivity contribution >= 4 is 29.3 Å². The molecule has 0 aliphatic heterocycles. The smallest absolute Gasteiger partial charge is 1.00 e. The molecule has 0 aromatic rings. The first-order valence-electron chi connectivity index (χ1n) is 1.26. The molecule has 0 spiro atoms. The molecule has 1 nitrogen and oxygen atoms in total. The van der Waals surface area contributed by atoms with Crippen molar-refractivity contribution < 1.29 is 21.8 Å². The summed E-state index contributed by atoms with van der Waals surface area (Å²) in [5.74, 6) is 0. The molecule has 0 N–H and O–H groups in total. The minimum atomic E-state index is 0. The van der Waals surface area contributed by atoms with Crippen LogP contribution < -0.4 is 17.0 Å². The number of rotatable bonds is 1. The Kier molecular flexibility index (Phi) is 44.2. The van der Waals surface area contributed by atoms with Gasteiger partial charge in [-0.15, -0.1) is 0 Å². The third-order valence-electron chi connectivity index (χ3n) is 0.144. The van der Waals surface area contributed by atoms with E-state index in [1.165, 1.54) is 0 Å². The number of hydrogen-bond donors (Lipinski definition) is 0. The first-order valence-corrected chi connectivity index (χ1v) is 1.26. The molecule has 0 aliphatic carbocycles. The van der Waals surface area contributed by atoms with Gasteiger partial charge in [-0.3, -0.25) is 6.29 Å². The number of carbonyl (C=O) groups excluding carboxylic acids is 1. The number of hydrogen-bond acceptors (Lipinski definition) is 1. The topological polar surface area (TPSA) is 17.1 Å². The van der Waals surface area contributed by atoms with Gasteiger partial charge in [-0.05, 0) is 0 Å². The third kappa shape index (κ3) is 20.5. The Morgan fingerprint density at radius 3 is 1.83 bits per heavy atom. The van der Waals surface area contributed by atoms with Gasteiger partial charge >= 0.3 is 23.1 Å². The normalized spacial score (nSPS) is 4.17. The molecule has 0 rings (SSSR count). The molecule has 0 heterocycles. The van der Waals surface area contributed by atoms with Gasteiger partial charge < -0.3 is 21.8 Å². The molecule has 0 unspecified atom stereocenters. The minimum absolute atomic E-state index is 0. The summed E-state index contributed by atoms with van der Waals surface area (Å²) < 4.78 is 0. The van der Waals surface area contributed by atoms with Crippen LogP contribution in [0.4, 0.5) is 0 Å². The molecule has 3 heteroatoms. The molecule has 0 radical (unpaired) electrons. The van der Waals surface area contributed by atoms with E-state index in [9.17, 15) is 0 Å². The molecule has 0 atom stereocenters. The second-order valence-corrected chi connectivity index (χ2v) is 0.498. The fourth-order valence-corrected chi connectivity index (χ4v) is 0. The van der Waals surface area contributed by atoms with Gasteiger partial charge in [0, 0.05) is 0 Å². The zero-order chi connectivity index (χ0) is 3.41. The van der Waals surface area contributed by atoms with Crippen LogP contribution in [0.1, 0.15) is 13.3 Å². The predicted octanol–water partition coefficient (Wildman–Crippen LogP) is -2.87. The summed E-state index contributed by atoms with van der Waals surface area (Å²) in [4.78, 5) is 9.05. The SMILES string of the molecule is CC[C-]=O.[Br-].[Mg+2]. The van der Waals surface area contributed by atoms with E-state index in [1.807, 2.05) is 0 Å². The molecule has 6 heavy (non-hydrogen) atoms. The molecule has 0 bridgehead atoms. The van der Waals surface area contributed by atoms with E-state index >= 15 is 0 Å². The van der Waals surface area contributed by atoms with Crippen LogP contribution in [-0.2, 0) is 4.79 Å². The molecule has 0 aromatic carbocycles. The average molecular weight is 161 g/mol. The Morgan fingerprint density at radius 1 is 1.67 bits per heavy atom. The van der Waals surface area contributed by atoms with Crippen LogP contribution in [0.5, 0.6) is 0 Å². The Labute approximate surface area is 64.4 Å². The Balaban J connectivity index is -0.0000000450. The van der Waals surface area contributed by atoms with Crippen molar-refractivity contribution in [2.45, 2.75) is 13.3 Å². The van der Waals surface area contributed by atoms with Crippen molar-refractivity contribution in [1.29, 1.82) is 0 Å². The van der Waals surface area contributed by atoms with Crippen LogP contribution in [-0.4, -0.2) is 29.3 Å². The Hall–Kier alpha value is 0.916. The zero-order valence-electron chi connectivity index (χ0n) is 3.70. The zero-order valence-corrected chi connectivity index (χ0v) is 6.70. The van der Waals surface area contributed by atoms with E-state index < -0.39 is 0 Å². The van der Waals surface area contributed by atoms with Crippen LogP contribution in [0.25, 0.3) is 0 Å². The van der Waals surface area contributed by atoms with Gasteiger partial charge in [0.05, 0.1) is 0 Å². The maximum Gasteiger partial charge on any atom is 2.00 e. The van der Waals surface area contributed by atoms with Gasteiger partial charge in [-0.25, -0.2) is 0 Å². The van der Waals surface area contributed by atoms with Gasteiger partial charge in [0.2, 0.25) is 0 Å². The van der Waals surface area contributed by atoms with E-state index in [4.69, 9.17) is 4.79 Å². The number of halogens is 1. The monoisotopic (exact) mass is 160 g/mol. The summed E-state index contributed by atoms with van der Waals surface area (Å²) in [6.45, 7) is 1.76. The molecule has 0 aliphatic rings. The van der Waals surface area contributed by atoms with Gasteiger partial charge in [-0.1, -0.05) is 6.92 Å². The van der Waals surface area contributed by atoms with Crippen molar-refractivity contribution in [3.8, 4) is 0 Å². The van der Waals surface area contributed by atoms with Crippen molar-refractivity contribution in [2.24, 2.45) is 0 Å². The van der Waals surface area contributed by atoms with Crippen molar-refractivity contribution in [3.63, 3.8) is 0 Å². The van der Waals surface area contributed by atoms with Gasteiger partial charge in [0.1, 0.15) is 0 Å². The van der Waals surface area contributed by atoms with Crippen LogP contribution in [0.15, 0.2) is 0 Å². The summed E-state index contributed by atoms with van der Waals surface area (Å²) in [5.41, 5.74) is 0. The van der Waals surface area contributed by atoms with E-state index in [0.717, 1.165) is 0 Å². The summed E-state index contributed by atoms with van der Waals surface area (Å²) in [7, 11) is 0. The summed E-state index contributed by atoms with van der Waals surface area (Å²) in [6, 6.07) is 0. The first kappa shape index (κ1) is 15.8. The van der Waals surface area contributed by atoms with Crippen LogP contribution in [0.3, 0.4) is 0 Å². The predicted molar refractivity (Wildman–Crippen MR) is 21.7 cm³/mol. The van der Waals surface area contributed by atoms with Crippen LogP contribution in [0.2, 0.25) is 0 Å². The second-order valence-electron chi connectivity index (χ2n) is 0.498. The summed E-state index contributed by atoms with van der Waals surface area (Å²) in [6.07, 6.45) is 2.19. The molecule has 0 saturated carbocycles. The maximum atomic E-state index is 9.05. The average Bonchev–Trinajstić information content (AvgIpc) is 1.37. The molecule has 0 amide bonds. The van der Waals surface area contributed by atoms with E-state index in [1.54, 1.807) is 13.2 Å². The first-order chi connectivity index (χ1) is 1.91. The van der Waals surface area contributed by atoms with Crippen molar-refractivity contribution in [2.75, 3.05) is 0 Å². The molecule has 0 saturated heterocycles. The van der Waals surface area contributed by atoms with Crippen LogP contribution >= 0.6 is 0 Å². The van der Waals surface area contributed by atoms with E-state index in [-0.39, 0.29) is 40.0 Å². The van der Waals surface area contributed by atoms with Gasteiger partial charge in [0.15, 0.2) is 0 Å². The molecule has 0 aromatic heterocycles. The van der Waals surface area contributed by atoms with E-state index in [0.29, 0.717) is 6.42 Å². The maximum absolute atomic E-state index is 9.05. The molecular weight excluding hydrogens is 156 g/mol. The third-order valence-corrected chi connectivity index (χ3v) is 0.144. The quantitative estimate of drug-likeness (QED) is 0.298. The second kappa shape index (κ2) is 16.8. The fourth-order valence-electron chi connectivity index (χ4n) is 0. The van der Waals surface area contributed by atoms with E-state index in [2.05, 4.69) is 0 Å². The summed E-state index contributed by atoms with van der Waals surface area (Å²) >= 11 is 0. The Bertz CT molecular complexity index is 24.8. The molecule has 32 valence electrons. The van der Waals surface area contributed by atoms with Gasteiger partial charge in [0.25, 0.3) is 0 Å². The van der Waals surface area contributed by atoms with Crippen molar-refractivity contribution in [3.05, 3.63) is 0 Å². The minimum Gasteiger partial charge on any atom is -1.00 e.